The van der Waals surface area contributed by atoms with Crippen molar-refractivity contribution in [3.05, 3.63) is 68.4 Å². The molecule has 0 saturated heterocycles. The fourth-order valence-electron chi connectivity index (χ4n) is 3.27. The zero-order valence-electron chi connectivity index (χ0n) is 10.8. The minimum Gasteiger partial charge on any atom is -0.339 e. The standard InChI is InChI=1S/C17H13ClIN/c18-12-6-8-17-14(9-12)15(19)10-20(17)16-7-5-11-3-1-2-4-13(11)16/h1-4,6,8-10,16H,5,7H2. The topological polar surface area (TPSA) is 4.93 Å². The van der Waals surface area contributed by atoms with Crippen molar-refractivity contribution in [3.8, 4) is 0 Å². The first-order chi connectivity index (χ1) is 9.74. The molecule has 3 heteroatoms. The van der Waals surface area contributed by atoms with Crippen LogP contribution in [-0.2, 0) is 6.42 Å². The second kappa shape index (κ2) is 4.78. The molecule has 0 fully saturated rings. The highest BCUT2D eigenvalue weighted by Crippen LogP contribution is 2.38. The molecular formula is C17H13ClIN. The molecule has 1 aliphatic carbocycles. The fourth-order valence-corrected chi connectivity index (χ4v) is 4.17. The number of hydrogen-bond donors (Lipinski definition) is 0. The lowest BCUT2D eigenvalue weighted by Gasteiger charge is -2.15. The SMILES string of the molecule is Clc1ccc2c(c1)c(I)cn2C1CCc2ccccc21. The number of aromatic nitrogens is 1. The van der Waals surface area contributed by atoms with Crippen molar-refractivity contribution in [2.45, 2.75) is 18.9 Å². The number of rotatable bonds is 1. The molecule has 1 nitrogen and oxygen atoms in total. The molecule has 1 aliphatic rings. The van der Waals surface area contributed by atoms with Crippen molar-refractivity contribution in [2.24, 2.45) is 0 Å². The van der Waals surface area contributed by atoms with Crippen LogP contribution in [0.15, 0.2) is 48.7 Å². The van der Waals surface area contributed by atoms with Crippen LogP contribution in [0.3, 0.4) is 0 Å². The summed E-state index contributed by atoms with van der Waals surface area (Å²) in [6.45, 7) is 0. The molecule has 3 aromatic rings. The summed E-state index contributed by atoms with van der Waals surface area (Å²) in [6, 6.07) is 15.4. The maximum atomic E-state index is 6.13. The Morgan fingerprint density at radius 1 is 1.15 bits per heavy atom. The second-order valence-electron chi connectivity index (χ2n) is 5.30. The van der Waals surface area contributed by atoms with Crippen molar-refractivity contribution < 1.29 is 0 Å². The number of fused-ring (bicyclic) bond motifs is 2. The van der Waals surface area contributed by atoms with Crippen LogP contribution in [0.25, 0.3) is 10.9 Å². The first-order valence-electron chi connectivity index (χ1n) is 6.77. The molecule has 0 amide bonds. The average molecular weight is 394 g/mol. The Bertz CT molecular complexity index is 806. The molecule has 0 aliphatic heterocycles. The summed E-state index contributed by atoms with van der Waals surface area (Å²) in [4.78, 5) is 0. The average Bonchev–Trinajstić information content (AvgIpc) is 3.01. The van der Waals surface area contributed by atoms with Crippen LogP contribution in [0.4, 0.5) is 0 Å². The molecule has 2 aromatic carbocycles. The number of halogens is 2. The van der Waals surface area contributed by atoms with E-state index in [9.17, 15) is 0 Å². The molecule has 1 heterocycles. The summed E-state index contributed by atoms with van der Waals surface area (Å²) in [5.74, 6) is 0. The van der Waals surface area contributed by atoms with Gasteiger partial charge in [-0.15, -0.1) is 0 Å². The first kappa shape index (κ1) is 12.7. The fraction of sp³-hybridized carbons (Fsp3) is 0.176. The van der Waals surface area contributed by atoms with E-state index < -0.39 is 0 Å². The molecule has 0 saturated carbocycles. The van der Waals surface area contributed by atoms with Crippen molar-refractivity contribution >= 4 is 45.1 Å². The number of hydrogen-bond acceptors (Lipinski definition) is 0. The molecule has 4 rings (SSSR count). The van der Waals surface area contributed by atoms with Gasteiger partial charge >= 0.3 is 0 Å². The quantitative estimate of drug-likeness (QED) is 0.486. The van der Waals surface area contributed by atoms with E-state index in [2.05, 4.69) is 69.8 Å². The van der Waals surface area contributed by atoms with Crippen LogP contribution in [0, 0.1) is 3.57 Å². The van der Waals surface area contributed by atoms with E-state index in [1.165, 1.54) is 38.4 Å². The molecule has 100 valence electrons. The summed E-state index contributed by atoms with van der Waals surface area (Å²) >= 11 is 8.53. The Morgan fingerprint density at radius 2 is 2.00 bits per heavy atom. The Hall–Kier alpha value is -1.00. The summed E-state index contributed by atoms with van der Waals surface area (Å²) in [5, 5.41) is 2.06. The van der Waals surface area contributed by atoms with E-state index in [1.54, 1.807) is 0 Å². The molecule has 0 N–H and O–H groups in total. The normalized spacial score (nSPS) is 17.6. The van der Waals surface area contributed by atoms with Crippen LogP contribution < -0.4 is 0 Å². The van der Waals surface area contributed by atoms with E-state index >= 15 is 0 Å². The second-order valence-corrected chi connectivity index (χ2v) is 6.90. The Balaban J connectivity index is 1.92. The van der Waals surface area contributed by atoms with Gasteiger partial charge in [0, 0.05) is 25.7 Å². The summed E-state index contributed by atoms with van der Waals surface area (Å²) in [7, 11) is 0. The molecule has 20 heavy (non-hydrogen) atoms. The van der Waals surface area contributed by atoms with E-state index in [-0.39, 0.29) is 0 Å². The number of aryl methyl sites for hydroxylation is 1. The van der Waals surface area contributed by atoms with Crippen molar-refractivity contribution in [1.29, 1.82) is 0 Å². The van der Waals surface area contributed by atoms with Crippen LogP contribution in [0.2, 0.25) is 5.02 Å². The highest BCUT2D eigenvalue weighted by atomic mass is 127. The largest absolute Gasteiger partial charge is 0.339 e. The lowest BCUT2D eigenvalue weighted by molar-refractivity contribution is 0.598. The molecule has 1 aromatic heterocycles. The highest BCUT2D eigenvalue weighted by molar-refractivity contribution is 14.1. The monoisotopic (exact) mass is 393 g/mol. The zero-order valence-corrected chi connectivity index (χ0v) is 13.7. The Kier molecular flexibility index (Phi) is 3.04. The van der Waals surface area contributed by atoms with Gasteiger partial charge in [-0.3, -0.25) is 0 Å². The van der Waals surface area contributed by atoms with E-state index in [0.29, 0.717) is 6.04 Å². The highest BCUT2D eigenvalue weighted by Gasteiger charge is 2.24. The van der Waals surface area contributed by atoms with Gasteiger partial charge in [0.15, 0.2) is 0 Å². The summed E-state index contributed by atoms with van der Waals surface area (Å²) in [6.07, 6.45) is 4.61. The van der Waals surface area contributed by atoms with Gasteiger partial charge in [-0.05, 0) is 64.8 Å². The molecule has 1 unspecified atom stereocenters. The van der Waals surface area contributed by atoms with E-state index in [4.69, 9.17) is 11.6 Å². The minimum absolute atomic E-state index is 0.457. The number of benzene rings is 2. The lowest BCUT2D eigenvalue weighted by atomic mass is 10.1. The van der Waals surface area contributed by atoms with E-state index in [1.807, 2.05) is 6.07 Å². The summed E-state index contributed by atoms with van der Waals surface area (Å²) in [5.41, 5.74) is 4.24. The molecular weight excluding hydrogens is 381 g/mol. The summed E-state index contributed by atoms with van der Waals surface area (Å²) < 4.78 is 3.68. The third-order valence-electron chi connectivity index (χ3n) is 4.18. The molecule has 0 spiro atoms. The first-order valence-corrected chi connectivity index (χ1v) is 8.23. The van der Waals surface area contributed by atoms with Crippen molar-refractivity contribution in [1.82, 2.24) is 4.57 Å². The van der Waals surface area contributed by atoms with Crippen molar-refractivity contribution in [3.63, 3.8) is 0 Å². The predicted octanol–water partition coefficient (Wildman–Crippen LogP) is 5.43. The molecule has 0 radical (unpaired) electrons. The van der Waals surface area contributed by atoms with Gasteiger partial charge in [0.25, 0.3) is 0 Å². The van der Waals surface area contributed by atoms with Gasteiger partial charge < -0.3 is 4.57 Å². The van der Waals surface area contributed by atoms with Crippen LogP contribution in [-0.4, -0.2) is 4.57 Å². The number of nitrogens with zero attached hydrogens (tertiary/aromatic N) is 1. The predicted molar refractivity (Wildman–Crippen MR) is 92.6 cm³/mol. The minimum atomic E-state index is 0.457. The van der Waals surface area contributed by atoms with Gasteiger partial charge in [0.05, 0.1) is 6.04 Å². The maximum absolute atomic E-state index is 6.13. The smallest absolute Gasteiger partial charge is 0.0592 e. The van der Waals surface area contributed by atoms with Gasteiger partial charge in [-0.25, -0.2) is 0 Å². The van der Waals surface area contributed by atoms with Gasteiger partial charge in [-0.1, -0.05) is 35.9 Å². The Morgan fingerprint density at radius 3 is 2.90 bits per heavy atom. The van der Waals surface area contributed by atoms with Crippen LogP contribution in [0.5, 0.6) is 0 Å². The maximum Gasteiger partial charge on any atom is 0.0592 e. The van der Waals surface area contributed by atoms with E-state index in [0.717, 1.165) is 5.02 Å². The van der Waals surface area contributed by atoms with Crippen molar-refractivity contribution in [2.75, 3.05) is 0 Å². The third-order valence-corrected chi connectivity index (χ3v) is 5.28. The van der Waals surface area contributed by atoms with Crippen LogP contribution in [0.1, 0.15) is 23.6 Å². The molecule has 0 bridgehead atoms. The van der Waals surface area contributed by atoms with Gasteiger partial charge in [0.2, 0.25) is 0 Å². The van der Waals surface area contributed by atoms with Crippen LogP contribution >= 0.6 is 34.2 Å². The van der Waals surface area contributed by atoms with Gasteiger partial charge in [0.1, 0.15) is 0 Å². The molecule has 1 atom stereocenters. The lowest BCUT2D eigenvalue weighted by Crippen LogP contribution is -2.05. The third kappa shape index (κ3) is 1.89. The van der Waals surface area contributed by atoms with Gasteiger partial charge in [-0.2, -0.15) is 0 Å². The Labute approximate surface area is 136 Å². The zero-order chi connectivity index (χ0) is 13.7.